The predicted molar refractivity (Wildman–Crippen MR) is 101 cm³/mol. The Morgan fingerprint density at radius 2 is 2.03 bits per heavy atom. The highest BCUT2D eigenvalue weighted by molar-refractivity contribution is 6.29. The number of aromatic nitrogens is 4. The van der Waals surface area contributed by atoms with Crippen LogP contribution in [0.4, 0.5) is 13.2 Å². The number of benzene rings is 1. The second kappa shape index (κ2) is 6.59. The van der Waals surface area contributed by atoms with Gasteiger partial charge >= 0.3 is 6.18 Å². The molecule has 2 atom stereocenters. The monoisotopic (exact) mass is 418 g/mol. The number of hydrogen-bond donors (Lipinski definition) is 0. The van der Waals surface area contributed by atoms with E-state index in [4.69, 9.17) is 16.3 Å². The molecule has 9 heteroatoms. The van der Waals surface area contributed by atoms with E-state index in [0.717, 1.165) is 28.6 Å². The van der Waals surface area contributed by atoms with Crippen LogP contribution in [0.15, 0.2) is 49.1 Å². The first-order chi connectivity index (χ1) is 13.9. The summed E-state index contributed by atoms with van der Waals surface area (Å²) in [6, 6.07) is 7.56. The molecular weight excluding hydrogens is 405 g/mol. The molecule has 0 aliphatic heterocycles. The van der Waals surface area contributed by atoms with Crippen LogP contribution in [-0.4, -0.2) is 32.4 Å². The van der Waals surface area contributed by atoms with E-state index in [9.17, 15) is 13.2 Å². The smallest absolute Gasteiger partial charge is 0.422 e. The number of rotatable bonds is 4. The highest BCUT2D eigenvalue weighted by atomic mass is 35.5. The minimum atomic E-state index is -4.41. The van der Waals surface area contributed by atoms with Crippen molar-refractivity contribution in [2.75, 3.05) is 6.61 Å². The van der Waals surface area contributed by atoms with Gasteiger partial charge in [-0.3, -0.25) is 4.98 Å². The number of nitrogens with zero attached hydrogens (tertiary/aromatic N) is 4. The Morgan fingerprint density at radius 3 is 2.86 bits per heavy atom. The Morgan fingerprint density at radius 1 is 1.17 bits per heavy atom. The molecule has 1 aromatic carbocycles. The van der Waals surface area contributed by atoms with Crippen LogP contribution >= 0.6 is 11.6 Å². The molecule has 1 saturated carbocycles. The fourth-order valence-electron chi connectivity index (χ4n) is 3.75. The van der Waals surface area contributed by atoms with Gasteiger partial charge in [0.25, 0.3) is 0 Å². The molecule has 5 rings (SSSR count). The molecule has 0 N–H and O–H groups in total. The second-order valence-corrected chi connectivity index (χ2v) is 7.48. The van der Waals surface area contributed by atoms with Crippen LogP contribution in [0.2, 0.25) is 5.15 Å². The van der Waals surface area contributed by atoms with Crippen molar-refractivity contribution in [3.63, 3.8) is 0 Å². The number of ether oxygens (including phenoxy) is 1. The average molecular weight is 419 g/mol. The van der Waals surface area contributed by atoms with Crippen molar-refractivity contribution in [2.24, 2.45) is 0 Å². The third kappa shape index (κ3) is 3.48. The van der Waals surface area contributed by atoms with Crippen molar-refractivity contribution in [1.29, 1.82) is 0 Å². The SMILES string of the molecule is FC(F)(F)COc1cncc2ccc(C3C[C@@H]3c3cc(Cl)nn4ccnc34)cc12. The van der Waals surface area contributed by atoms with Gasteiger partial charge in [0.15, 0.2) is 12.3 Å². The third-order valence-corrected chi connectivity index (χ3v) is 5.30. The fourth-order valence-corrected chi connectivity index (χ4v) is 3.95. The normalized spacial score (nSPS) is 19.0. The Kier molecular flexibility index (Phi) is 4.13. The highest BCUT2D eigenvalue weighted by Gasteiger charge is 2.41. The van der Waals surface area contributed by atoms with Crippen LogP contribution in [0.5, 0.6) is 5.75 Å². The predicted octanol–water partition coefficient (Wildman–Crippen LogP) is 5.14. The van der Waals surface area contributed by atoms with E-state index in [1.54, 1.807) is 23.1 Å². The number of halogens is 4. The summed E-state index contributed by atoms with van der Waals surface area (Å²) in [5.74, 6) is 0.572. The van der Waals surface area contributed by atoms with E-state index >= 15 is 0 Å². The van der Waals surface area contributed by atoms with Gasteiger partial charge in [-0.2, -0.15) is 18.3 Å². The van der Waals surface area contributed by atoms with E-state index in [1.807, 2.05) is 24.3 Å². The maximum absolute atomic E-state index is 12.6. The van der Waals surface area contributed by atoms with E-state index in [-0.39, 0.29) is 17.6 Å². The minimum absolute atomic E-state index is 0.126. The lowest BCUT2D eigenvalue weighted by molar-refractivity contribution is -0.153. The molecule has 29 heavy (non-hydrogen) atoms. The largest absolute Gasteiger partial charge is 0.482 e. The zero-order valence-corrected chi connectivity index (χ0v) is 15.7. The van der Waals surface area contributed by atoms with Crippen LogP contribution in [0, 0.1) is 0 Å². The molecule has 0 saturated heterocycles. The Hall–Kier alpha value is -2.87. The van der Waals surface area contributed by atoms with Gasteiger partial charge in [0.05, 0.1) is 6.20 Å². The van der Waals surface area contributed by atoms with E-state index < -0.39 is 12.8 Å². The number of alkyl halides is 3. The average Bonchev–Trinajstić information content (AvgIpc) is 3.34. The summed E-state index contributed by atoms with van der Waals surface area (Å²) in [5, 5.41) is 5.94. The molecule has 3 aromatic heterocycles. The minimum Gasteiger partial charge on any atom is -0.482 e. The van der Waals surface area contributed by atoms with Crippen LogP contribution in [0.1, 0.15) is 29.4 Å². The van der Waals surface area contributed by atoms with Gasteiger partial charge in [-0.15, -0.1) is 0 Å². The van der Waals surface area contributed by atoms with Crippen molar-refractivity contribution in [3.8, 4) is 5.75 Å². The van der Waals surface area contributed by atoms with Gasteiger partial charge in [0.1, 0.15) is 10.9 Å². The number of fused-ring (bicyclic) bond motifs is 2. The Labute approximate surface area is 168 Å². The number of hydrogen-bond acceptors (Lipinski definition) is 4. The van der Waals surface area contributed by atoms with Gasteiger partial charge in [-0.25, -0.2) is 9.50 Å². The summed E-state index contributed by atoms with van der Waals surface area (Å²) in [6.45, 7) is -1.35. The van der Waals surface area contributed by atoms with Crippen LogP contribution < -0.4 is 4.74 Å². The topological polar surface area (TPSA) is 52.3 Å². The molecular formula is C20H14ClF3N4O. The summed E-state index contributed by atoms with van der Waals surface area (Å²) in [4.78, 5) is 8.35. The fraction of sp³-hybridized carbons (Fsp3) is 0.250. The maximum Gasteiger partial charge on any atom is 0.422 e. The van der Waals surface area contributed by atoms with Gasteiger partial charge < -0.3 is 4.74 Å². The van der Waals surface area contributed by atoms with Crippen LogP contribution in [-0.2, 0) is 0 Å². The second-order valence-electron chi connectivity index (χ2n) is 7.09. The van der Waals surface area contributed by atoms with Gasteiger partial charge in [0, 0.05) is 34.9 Å². The summed E-state index contributed by atoms with van der Waals surface area (Å²) < 4.78 is 44.3. The standard InChI is InChI=1S/C20H14ClF3N4O/c21-18-7-16(19-26-3-4-28(19)27-18)15-6-13(15)11-1-2-12-8-25-9-17(14(12)5-11)29-10-20(22,23)24/h1-5,7-9,13,15H,6,10H2/t13?,15-/m0/s1. The van der Waals surface area contributed by atoms with Crippen molar-refractivity contribution in [1.82, 2.24) is 19.6 Å². The van der Waals surface area contributed by atoms with E-state index in [2.05, 4.69) is 15.1 Å². The molecule has 1 unspecified atom stereocenters. The Balaban J connectivity index is 1.48. The Bertz CT molecular complexity index is 1220. The summed E-state index contributed by atoms with van der Waals surface area (Å²) >= 11 is 6.14. The van der Waals surface area contributed by atoms with Crippen LogP contribution in [0.25, 0.3) is 16.4 Å². The quantitative estimate of drug-likeness (QED) is 0.460. The lowest BCUT2D eigenvalue weighted by atomic mass is 10.0. The van der Waals surface area contributed by atoms with E-state index in [1.165, 1.54) is 6.20 Å². The molecule has 1 aliphatic carbocycles. The molecule has 148 valence electrons. The van der Waals surface area contributed by atoms with Gasteiger partial charge in [-0.05, 0) is 36.0 Å². The maximum atomic E-state index is 12.6. The highest BCUT2D eigenvalue weighted by Crippen LogP contribution is 2.56. The van der Waals surface area contributed by atoms with Crippen molar-refractivity contribution in [2.45, 2.75) is 24.4 Å². The molecule has 0 amide bonds. The van der Waals surface area contributed by atoms with Crippen molar-refractivity contribution < 1.29 is 17.9 Å². The molecule has 3 heterocycles. The molecule has 0 bridgehead atoms. The summed E-state index contributed by atoms with van der Waals surface area (Å²) in [6.07, 6.45) is 2.84. The number of imidazole rings is 1. The first-order valence-corrected chi connectivity index (χ1v) is 9.34. The third-order valence-electron chi connectivity index (χ3n) is 5.12. The number of pyridine rings is 1. The zero-order valence-electron chi connectivity index (χ0n) is 14.9. The zero-order chi connectivity index (χ0) is 20.2. The summed E-state index contributed by atoms with van der Waals surface area (Å²) in [7, 11) is 0. The van der Waals surface area contributed by atoms with E-state index in [0.29, 0.717) is 10.5 Å². The first-order valence-electron chi connectivity index (χ1n) is 8.96. The molecule has 5 nitrogen and oxygen atoms in total. The van der Waals surface area contributed by atoms with Gasteiger partial charge in [0.2, 0.25) is 0 Å². The van der Waals surface area contributed by atoms with Crippen molar-refractivity contribution in [3.05, 3.63) is 65.3 Å². The van der Waals surface area contributed by atoms with Gasteiger partial charge in [-0.1, -0.05) is 23.7 Å². The van der Waals surface area contributed by atoms with Crippen molar-refractivity contribution >= 4 is 28.0 Å². The van der Waals surface area contributed by atoms with Crippen LogP contribution in [0.3, 0.4) is 0 Å². The molecule has 4 aromatic rings. The molecule has 0 radical (unpaired) electrons. The lowest BCUT2D eigenvalue weighted by Crippen LogP contribution is -2.19. The molecule has 0 spiro atoms. The molecule has 1 fully saturated rings. The summed E-state index contributed by atoms with van der Waals surface area (Å²) in [5.41, 5.74) is 2.81. The first kappa shape index (κ1) is 18.2. The lowest BCUT2D eigenvalue weighted by Gasteiger charge is -2.12. The molecule has 1 aliphatic rings.